The van der Waals surface area contributed by atoms with E-state index in [0.717, 1.165) is 25.7 Å². The number of hydrogen-bond acceptors (Lipinski definition) is 4. The van der Waals surface area contributed by atoms with Gasteiger partial charge in [0.1, 0.15) is 6.04 Å². The van der Waals surface area contributed by atoms with E-state index in [1.165, 1.54) is 19.3 Å². The highest BCUT2D eigenvalue weighted by atomic mass is 16.5. The standard InChI is InChI=1S/C21H32N2O4/c1-3-22-18(24)13(2)27-19(25)17-5-4-6-23(17)20(26)21-10-14-7-15(11-21)9-16(8-14)12-21/h13-17H,3-12H2,1-2H3,(H,22,24)/t13-,14?,15?,16?,17-,21?/m1/s1. The molecule has 4 saturated carbocycles. The van der Waals surface area contributed by atoms with Crippen molar-refractivity contribution in [2.24, 2.45) is 23.2 Å². The van der Waals surface area contributed by atoms with Crippen LogP contribution in [0.3, 0.4) is 0 Å². The molecule has 0 unspecified atom stereocenters. The van der Waals surface area contributed by atoms with E-state index in [9.17, 15) is 14.4 Å². The number of rotatable bonds is 5. The fraction of sp³-hybridized carbons (Fsp3) is 0.857. The van der Waals surface area contributed by atoms with Gasteiger partial charge in [0, 0.05) is 13.1 Å². The molecule has 0 aromatic heterocycles. The Hall–Kier alpha value is -1.59. The number of likely N-dealkylation sites (tertiary alicyclic amines) is 1. The second-order valence-electron chi connectivity index (χ2n) is 9.33. The van der Waals surface area contributed by atoms with Crippen LogP contribution in [0.5, 0.6) is 0 Å². The average molecular weight is 376 g/mol. The molecule has 0 aromatic rings. The number of esters is 1. The molecule has 2 amide bonds. The smallest absolute Gasteiger partial charge is 0.329 e. The minimum absolute atomic E-state index is 0.187. The molecular formula is C21H32N2O4. The van der Waals surface area contributed by atoms with E-state index in [0.29, 0.717) is 37.3 Å². The summed E-state index contributed by atoms with van der Waals surface area (Å²) in [7, 11) is 0. The van der Waals surface area contributed by atoms with Crippen molar-refractivity contribution in [1.29, 1.82) is 0 Å². The van der Waals surface area contributed by atoms with Gasteiger partial charge in [-0.2, -0.15) is 0 Å². The van der Waals surface area contributed by atoms with E-state index >= 15 is 0 Å². The summed E-state index contributed by atoms with van der Waals surface area (Å²) in [5.41, 5.74) is -0.233. The lowest BCUT2D eigenvalue weighted by atomic mass is 9.49. The lowest BCUT2D eigenvalue weighted by molar-refractivity contribution is -0.168. The van der Waals surface area contributed by atoms with Gasteiger partial charge < -0.3 is 15.0 Å². The molecule has 150 valence electrons. The SMILES string of the molecule is CCNC(=O)[C@@H](C)OC(=O)[C@H]1CCCN1C(=O)C12CC3CC(CC(C3)C1)C2. The Kier molecular flexibility index (Phi) is 4.93. The van der Waals surface area contributed by atoms with E-state index in [1.807, 2.05) is 6.92 Å². The van der Waals surface area contributed by atoms with Crippen molar-refractivity contribution in [1.82, 2.24) is 10.2 Å². The summed E-state index contributed by atoms with van der Waals surface area (Å²) in [6, 6.07) is -0.526. The summed E-state index contributed by atoms with van der Waals surface area (Å²) in [6.07, 6.45) is 7.54. The number of carbonyl (C=O) groups excluding carboxylic acids is 3. The summed E-state index contributed by atoms with van der Waals surface area (Å²) in [6.45, 7) is 4.55. The Bertz CT molecular complexity index is 596. The first kappa shape index (κ1) is 18.8. The molecule has 5 rings (SSSR count). The maximum atomic E-state index is 13.6. The highest BCUT2D eigenvalue weighted by Crippen LogP contribution is 2.60. The fourth-order valence-electron chi connectivity index (χ4n) is 6.56. The molecule has 5 aliphatic rings. The quantitative estimate of drug-likeness (QED) is 0.747. The van der Waals surface area contributed by atoms with Gasteiger partial charge in [0.25, 0.3) is 5.91 Å². The molecule has 0 aromatic carbocycles. The van der Waals surface area contributed by atoms with Crippen LogP contribution in [0.4, 0.5) is 0 Å². The van der Waals surface area contributed by atoms with E-state index in [4.69, 9.17) is 4.74 Å². The number of nitrogens with one attached hydrogen (secondary N) is 1. The Balaban J connectivity index is 1.44. The fourth-order valence-corrected chi connectivity index (χ4v) is 6.56. The third-order valence-corrected chi connectivity index (χ3v) is 7.29. The van der Waals surface area contributed by atoms with Crippen molar-refractivity contribution in [3.63, 3.8) is 0 Å². The third-order valence-electron chi connectivity index (χ3n) is 7.29. The summed E-state index contributed by atoms with van der Waals surface area (Å²) in [5, 5.41) is 2.67. The van der Waals surface area contributed by atoms with Crippen LogP contribution < -0.4 is 5.32 Å². The lowest BCUT2D eigenvalue weighted by Gasteiger charge is -2.56. The largest absolute Gasteiger partial charge is 0.451 e. The highest BCUT2D eigenvalue weighted by Gasteiger charge is 2.57. The van der Waals surface area contributed by atoms with Crippen molar-refractivity contribution in [3.05, 3.63) is 0 Å². The molecule has 0 radical (unpaired) electrons. The van der Waals surface area contributed by atoms with Gasteiger partial charge in [-0.3, -0.25) is 9.59 Å². The minimum Gasteiger partial charge on any atom is -0.451 e. The van der Waals surface area contributed by atoms with Crippen LogP contribution in [-0.2, 0) is 19.1 Å². The number of hydrogen-bond donors (Lipinski definition) is 1. The first-order valence-electron chi connectivity index (χ1n) is 10.7. The van der Waals surface area contributed by atoms with Gasteiger partial charge in [-0.1, -0.05) is 0 Å². The van der Waals surface area contributed by atoms with Gasteiger partial charge in [0.05, 0.1) is 5.41 Å². The topological polar surface area (TPSA) is 75.7 Å². The molecule has 4 bridgehead atoms. The number of nitrogens with zero attached hydrogens (tertiary/aromatic N) is 1. The molecule has 0 spiro atoms. The summed E-state index contributed by atoms with van der Waals surface area (Å²) in [4.78, 5) is 39.9. The number of amides is 2. The normalized spacial score (nSPS) is 37.9. The van der Waals surface area contributed by atoms with E-state index in [1.54, 1.807) is 11.8 Å². The minimum atomic E-state index is -0.824. The van der Waals surface area contributed by atoms with Gasteiger partial charge in [0.15, 0.2) is 6.10 Å². The van der Waals surface area contributed by atoms with E-state index < -0.39 is 18.1 Å². The van der Waals surface area contributed by atoms with Crippen LogP contribution in [0, 0.1) is 23.2 Å². The van der Waals surface area contributed by atoms with Crippen molar-refractivity contribution < 1.29 is 19.1 Å². The second kappa shape index (κ2) is 7.10. The van der Waals surface area contributed by atoms with E-state index in [2.05, 4.69) is 5.32 Å². The molecule has 1 aliphatic heterocycles. The van der Waals surface area contributed by atoms with Gasteiger partial charge in [-0.25, -0.2) is 4.79 Å². The van der Waals surface area contributed by atoms with Crippen LogP contribution in [0.2, 0.25) is 0 Å². The van der Waals surface area contributed by atoms with Crippen LogP contribution in [0.1, 0.15) is 65.2 Å². The molecule has 2 atom stereocenters. The first-order chi connectivity index (χ1) is 12.9. The monoisotopic (exact) mass is 376 g/mol. The molecule has 4 aliphatic carbocycles. The summed E-state index contributed by atoms with van der Waals surface area (Å²) >= 11 is 0. The number of ether oxygens (including phenoxy) is 1. The Morgan fingerprint density at radius 2 is 1.70 bits per heavy atom. The van der Waals surface area contributed by atoms with Crippen molar-refractivity contribution in [2.75, 3.05) is 13.1 Å². The zero-order chi connectivity index (χ0) is 19.2. The zero-order valence-corrected chi connectivity index (χ0v) is 16.5. The predicted octanol–water partition coefficient (Wildman–Crippen LogP) is 2.26. The van der Waals surface area contributed by atoms with Gasteiger partial charge in [0.2, 0.25) is 5.91 Å². The van der Waals surface area contributed by atoms with E-state index in [-0.39, 0.29) is 17.2 Å². The molecular weight excluding hydrogens is 344 g/mol. The first-order valence-corrected chi connectivity index (χ1v) is 10.7. The second-order valence-corrected chi connectivity index (χ2v) is 9.33. The Labute approximate surface area is 161 Å². The van der Waals surface area contributed by atoms with Crippen molar-refractivity contribution in [2.45, 2.75) is 77.4 Å². The Morgan fingerprint density at radius 1 is 1.11 bits per heavy atom. The molecule has 6 nitrogen and oxygen atoms in total. The third kappa shape index (κ3) is 3.36. The summed E-state index contributed by atoms with van der Waals surface area (Å²) < 4.78 is 5.40. The van der Waals surface area contributed by atoms with Crippen LogP contribution in [-0.4, -0.2) is 47.9 Å². The maximum absolute atomic E-state index is 13.6. The van der Waals surface area contributed by atoms with Gasteiger partial charge in [-0.05, 0) is 83.0 Å². The number of carbonyl (C=O) groups is 3. The summed E-state index contributed by atoms with van der Waals surface area (Å²) in [5.74, 6) is 1.57. The van der Waals surface area contributed by atoms with Gasteiger partial charge >= 0.3 is 5.97 Å². The molecule has 5 fully saturated rings. The molecule has 27 heavy (non-hydrogen) atoms. The van der Waals surface area contributed by atoms with Crippen molar-refractivity contribution in [3.8, 4) is 0 Å². The molecule has 1 saturated heterocycles. The van der Waals surface area contributed by atoms with Crippen LogP contribution in [0.15, 0.2) is 0 Å². The lowest BCUT2D eigenvalue weighted by Crippen LogP contribution is -2.56. The highest BCUT2D eigenvalue weighted by molar-refractivity contribution is 5.90. The predicted molar refractivity (Wildman–Crippen MR) is 99.6 cm³/mol. The van der Waals surface area contributed by atoms with Gasteiger partial charge in [-0.15, -0.1) is 0 Å². The molecule has 1 heterocycles. The van der Waals surface area contributed by atoms with Crippen LogP contribution in [0.25, 0.3) is 0 Å². The van der Waals surface area contributed by atoms with Crippen molar-refractivity contribution >= 4 is 17.8 Å². The number of likely N-dealkylation sites (N-methyl/N-ethyl adjacent to an activating group) is 1. The Morgan fingerprint density at radius 3 is 2.26 bits per heavy atom. The average Bonchev–Trinajstić information content (AvgIpc) is 3.09. The zero-order valence-electron chi connectivity index (χ0n) is 16.5. The molecule has 1 N–H and O–H groups in total. The maximum Gasteiger partial charge on any atom is 0.329 e. The van der Waals surface area contributed by atoms with Crippen LogP contribution >= 0.6 is 0 Å². The molecule has 6 heteroatoms.